The van der Waals surface area contributed by atoms with E-state index in [9.17, 15) is 13.2 Å². The van der Waals surface area contributed by atoms with Crippen molar-refractivity contribution < 1.29 is 17.9 Å². The maximum absolute atomic E-state index is 13.0. The highest BCUT2D eigenvalue weighted by Gasteiger charge is 2.30. The van der Waals surface area contributed by atoms with E-state index in [1.54, 1.807) is 6.20 Å². The summed E-state index contributed by atoms with van der Waals surface area (Å²) in [5, 5.41) is 0. The van der Waals surface area contributed by atoms with Gasteiger partial charge in [-0.2, -0.15) is 4.31 Å². The molecule has 1 saturated heterocycles. The summed E-state index contributed by atoms with van der Waals surface area (Å²) in [6.45, 7) is 1.76. The minimum absolute atomic E-state index is 0.194. The van der Waals surface area contributed by atoms with Crippen molar-refractivity contribution in [2.75, 3.05) is 20.2 Å². The van der Waals surface area contributed by atoms with Crippen LogP contribution in [0.3, 0.4) is 0 Å². The first-order valence-electron chi connectivity index (χ1n) is 10.2. The summed E-state index contributed by atoms with van der Waals surface area (Å²) in [7, 11) is -2.29. The third-order valence-corrected chi connectivity index (χ3v) is 7.60. The Labute approximate surface area is 182 Å². The molecule has 2 heterocycles. The number of sulfonamides is 1. The largest absolute Gasteiger partial charge is 0.465 e. The third-order valence-electron chi connectivity index (χ3n) is 5.69. The molecule has 2 aromatic carbocycles. The lowest BCUT2D eigenvalue weighted by Crippen LogP contribution is -2.39. The Morgan fingerprint density at radius 2 is 1.74 bits per heavy atom. The van der Waals surface area contributed by atoms with Crippen LogP contribution in [0.15, 0.2) is 71.9 Å². The van der Waals surface area contributed by atoms with Gasteiger partial charge in [-0.15, -0.1) is 0 Å². The Kier molecular flexibility index (Phi) is 6.20. The number of rotatable bonds is 6. The number of nitrogens with zero attached hydrogens (tertiary/aromatic N) is 3. The zero-order valence-electron chi connectivity index (χ0n) is 17.3. The molecule has 0 unspecified atom stereocenters. The Morgan fingerprint density at radius 3 is 2.39 bits per heavy atom. The summed E-state index contributed by atoms with van der Waals surface area (Å²) in [6.07, 6.45) is 5.35. The van der Waals surface area contributed by atoms with E-state index in [4.69, 9.17) is 0 Å². The monoisotopic (exact) mass is 439 g/mol. The standard InChI is InChI=1S/C23H25N3O4S/c1-30-23(27)20-7-9-21(10-8-20)31(28,29)26-14-11-18(12-15-26)17-25-16-13-24-22(25)19-5-3-2-4-6-19/h2-10,13,16,18H,11-12,14-15,17H2,1H3. The summed E-state index contributed by atoms with van der Waals surface area (Å²) >= 11 is 0. The number of methoxy groups -OCH3 is 1. The van der Waals surface area contributed by atoms with Crippen molar-refractivity contribution in [2.24, 2.45) is 5.92 Å². The normalized spacial score (nSPS) is 15.6. The predicted molar refractivity (Wildman–Crippen MR) is 117 cm³/mol. The van der Waals surface area contributed by atoms with Crippen molar-refractivity contribution >= 4 is 16.0 Å². The van der Waals surface area contributed by atoms with Crippen molar-refractivity contribution in [1.29, 1.82) is 0 Å². The predicted octanol–water partition coefficient (Wildman–Crippen LogP) is 3.44. The lowest BCUT2D eigenvalue weighted by molar-refractivity contribution is 0.0600. The summed E-state index contributed by atoms with van der Waals surface area (Å²) in [5.74, 6) is 0.824. The molecule has 31 heavy (non-hydrogen) atoms. The Hall–Kier alpha value is -2.97. The quantitative estimate of drug-likeness (QED) is 0.550. The average molecular weight is 440 g/mol. The van der Waals surface area contributed by atoms with Gasteiger partial charge < -0.3 is 9.30 Å². The lowest BCUT2D eigenvalue weighted by Gasteiger charge is -2.31. The highest BCUT2D eigenvalue weighted by molar-refractivity contribution is 7.89. The van der Waals surface area contributed by atoms with Crippen LogP contribution in [0.25, 0.3) is 11.4 Å². The molecule has 8 heteroatoms. The molecule has 0 atom stereocenters. The Bertz CT molecular complexity index is 1130. The van der Waals surface area contributed by atoms with Gasteiger partial charge in [0.15, 0.2) is 0 Å². The second kappa shape index (κ2) is 9.03. The molecule has 3 aromatic rings. The van der Waals surface area contributed by atoms with E-state index in [0.29, 0.717) is 24.6 Å². The first-order valence-corrected chi connectivity index (χ1v) is 11.7. The molecule has 0 saturated carbocycles. The van der Waals surface area contributed by atoms with Crippen LogP contribution in [0.1, 0.15) is 23.2 Å². The number of aromatic nitrogens is 2. The molecule has 1 aliphatic heterocycles. The van der Waals surface area contributed by atoms with Crippen LogP contribution < -0.4 is 0 Å². The molecule has 0 bridgehead atoms. The molecule has 1 aromatic heterocycles. The smallest absolute Gasteiger partial charge is 0.337 e. The fourth-order valence-corrected chi connectivity index (χ4v) is 5.41. The molecule has 162 valence electrons. The van der Waals surface area contributed by atoms with E-state index in [1.807, 2.05) is 36.5 Å². The highest BCUT2D eigenvalue weighted by Crippen LogP contribution is 2.27. The summed E-state index contributed by atoms with van der Waals surface area (Å²) < 4.78 is 34.3. The molecule has 1 fully saturated rings. The Morgan fingerprint density at radius 1 is 1.06 bits per heavy atom. The lowest BCUT2D eigenvalue weighted by atomic mass is 9.98. The first-order chi connectivity index (χ1) is 15.0. The van der Waals surface area contributed by atoms with Crippen LogP contribution >= 0.6 is 0 Å². The molecular weight excluding hydrogens is 414 g/mol. The summed E-state index contributed by atoms with van der Waals surface area (Å²) in [4.78, 5) is 16.3. The van der Waals surface area contributed by atoms with E-state index < -0.39 is 16.0 Å². The fourth-order valence-electron chi connectivity index (χ4n) is 3.94. The van der Waals surface area contributed by atoms with Crippen LogP contribution in [0, 0.1) is 5.92 Å². The highest BCUT2D eigenvalue weighted by atomic mass is 32.2. The number of imidazole rings is 1. The van der Waals surface area contributed by atoms with Crippen molar-refractivity contribution in [3.05, 3.63) is 72.6 Å². The first kappa shape index (κ1) is 21.3. The van der Waals surface area contributed by atoms with E-state index in [-0.39, 0.29) is 4.90 Å². The molecule has 0 spiro atoms. The summed E-state index contributed by atoms with van der Waals surface area (Å²) in [5.41, 5.74) is 1.40. The number of piperidine rings is 1. The molecule has 7 nitrogen and oxygen atoms in total. The average Bonchev–Trinajstić information content (AvgIpc) is 3.27. The van der Waals surface area contributed by atoms with E-state index in [0.717, 1.165) is 30.8 Å². The van der Waals surface area contributed by atoms with E-state index in [2.05, 4.69) is 14.3 Å². The fraction of sp³-hybridized carbons (Fsp3) is 0.304. The molecule has 1 aliphatic rings. The van der Waals surface area contributed by atoms with Crippen molar-refractivity contribution in [1.82, 2.24) is 13.9 Å². The molecular formula is C23H25N3O4S. The number of carbonyl (C=O) groups is 1. The van der Waals surface area contributed by atoms with Gasteiger partial charge in [0.2, 0.25) is 10.0 Å². The van der Waals surface area contributed by atoms with Gasteiger partial charge in [0.05, 0.1) is 17.6 Å². The van der Waals surface area contributed by atoms with Gasteiger partial charge >= 0.3 is 5.97 Å². The second-order valence-corrected chi connectivity index (χ2v) is 9.57. The van der Waals surface area contributed by atoms with Gasteiger partial charge in [0, 0.05) is 37.6 Å². The van der Waals surface area contributed by atoms with Gasteiger partial charge in [0.1, 0.15) is 5.82 Å². The van der Waals surface area contributed by atoms with Crippen LogP contribution in [0.5, 0.6) is 0 Å². The number of esters is 1. The number of hydrogen-bond donors (Lipinski definition) is 0. The number of benzene rings is 2. The van der Waals surface area contributed by atoms with Crippen LogP contribution in [0.4, 0.5) is 0 Å². The minimum atomic E-state index is -3.59. The molecule has 0 N–H and O–H groups in total. The Balaban J connectivity index is 1.40. The second-order valence-electron chi connectivity index (χ2n) is 7.63. The van der Waals surface area contributed by atoms with Crippen molar-refractivity contribution in [2.45, 2.75) is 24.3 Å². The van der Waals surface area contributed by atoms with Crippen LogP contribution in [0.2, 0.25) is 0 Å². The maximum Gasteiger partial charge on any atom is 0.337 e. The van der Waals surface area contributed by atoms with E-state index in [1.165, 1.54) is 35.7 Å². The van der Waals surface area contributed by atoms with Gasteiger partial charge in [0.25, 0.3) is 0 Å². The molecule has 0 radical (unpaired) electrons. The molecule has 0 aliphatic carbocycles. The van der Waals surface area contributed by atoms with Gasteiger partial charge in [-0.3, -0.25) is 0 Å². The molecule has 0 amide bonds. The van der Waals surface area contributed by atoms with Gasteiger partial charge in [-0.1, -0.05) is 30.3 Å². The van der Waals surface area contributed by atoms with Crippen molar-refractivity contribution in [3.63, 3.8) is 0 Å². The number of hydrogen-bond acceptors (Lipinski definition) is 5. The maximum atomic E-state index is 13.0. The zero-order valence-corrected chi connectivity index (χ0v) is 18.2. The molecule has 4 rings (SSSR count). The van der Waals surface area contributed by atoms with Gasteiger partial charge in [-0.05, 0) is 43.0 Å². The third kappa shape index (κ3) is 4.55. The van der Waals surface area contributed by atoms with E-state index >= 15 is 0 Å². The topological polar surface area (TPSA) is 81.5 Å². The van der Waals surface area contributed by atoms with Crippen LogP contribution in [-0.2, 0) is 21.3 Å². The minimum Gasteiger partial charge on any atom is -0.465 e. The SMILES string of the molecule is COC(=O)c1ccc(S(=O)(=O)N2CCC(Cn3ccnc3-c3ccccc3)CC2)cc1. The van der Waals surface area contributed by atoms with Gasteiger partial charge in [-0.25, -0.2) is 18.2 Å². The number of ether oxygens (including phenoxy) is 1. The van der Waals surface area contributed by atoms with Crippen molar-refractivity contribution in [3.8, 4) is 11.4 Å². The van der Waals surface area contributed by atoms with Crippen LogP contribution in [-0.4, -0.2) is 48.4 Å². The number of carbonyl (C=O) groups excluding carboxylic acids is 1. The zero-order chi connectivity index (χ0) is 21.8. The summed E-state index contributed by atoms with van der Waals surface area (Å²) in [6, 6.07) is 15.9.